The standard InChI is InChI=1S/C18H26ClN3O.2ClH/c1-14(15-6-2-3-7-16(15)19)21-10-12-22(13-11-21)18(23)17-8-4-5-9-20-17;;/h2-3,6-7,14,17,20H,4-5,8-13H2,1H3;2*1H. The van der Waals surface area contributed by atoms with Crippen molar-refractivity contribution in [3.63, 3.8) is 0 Å². The van der Waals surface area contributed by atoms with Gasteiger partial charge in [-0.2, -0.15) is 0 Å². The second-order valence-electron chi connectivity index (χ2n) is 6.56. The number of halogens is 3. The maximum Gasteiger partial charge on any atom is 0.239 e. The number of carbonyl (C=O) groups is 1. The smallest absolute Gasteiger partial charge is 0.239 e. The zero-order valence-corrected chi connectivity index (χ0v) is 17.0. The zero-order valence-electron chi connectivity index (χ0n) is 14.6. The highest BCUT2D eigenvalue weighted by atomic mass is 35.5. The highest BCUT2D eigenvalue weighted by molar-refractivity contribution is 6.31. The molecule has 7 heteroatoms. The van der Waals surface area contributed by atoms with Crippen LogP contribution in [-0.2, 0) is 4.79 Å². The van der Waals surface area contributed by atoms with Crippen LogP contribution >= 0.6 is 36.4 Å². The van der Waals surface area contributed by atoms with Crippen molar-refractivity contribution in [3.05, 3.63) is 34.9 Å². The van der Waals surface area contributed by atoms with Crippen molar-refractivity contribution in [2.75, 3.05) is 32.7 Å². The Morgan fingerprint density at radius 1 is 1.16 bits per heavy atom. The molecule has 0 spiro atoms. The molecule has 2 fully saturated rings. The van der Waals surface area contributed by atoms with Gasteiger partial charge < -0.3 is 10.2 Å². The average molecular weight is 409 g/mol. The summed E-state index contributed by atoms with van der Waals surface area (Å²) in [6.45, 7) is 6.61. The van der Waals surface area contributed by atoms with Gasteiger partial charge in [-0.1, -0.05) is 36.2 Å². The quantitative estimate of drug-likeness (QED) is 0.831. The van der Waals surface area contributed by atoms with Crippen molar-refractivity contribution in [1.29, 1.82) is 0 Å². The van der Waals surface area contributed by atoms with Crippen LogP contribution in [0.2, 0.25) is 5.02 Å². The molecule has 0 aliphatic carbocycles. The number of amides is 1. The summed E-state index contributed by atoms with van der Waals surface area (Å²) >= 11 is 6.32. The number of nitrogens with one attached hydrogen (secondary N) is 1. The van der Waals surface area contributed by atoms with E-state index in [-0.39, 0.29) is 42.8 Å². The Kier molecular flexibility index (Phi) is 9.54. The molecule has 2 saturated heterocycles. The molecule has 25 heavy (non-hydrogen) atoms. The summed E-state index contributed by atoms with van der Waals surface area (Å²) in [4.78, 5) is 17.0. The summed E-state index contributed by atoms with van der Waals surface area (Å²) in [5.74, 6) is 0.287. The van der Waals surface area contributed by atoms with Gasteiger partial charge in [0, 0.05) is 37.2 Å². The van der Waals surface area contributed by atoms with Crippen LogP contribution in [0.4, 0.5) is 0 Å². The first kappa shape index (κ1) is 22.5. The Labute approximate surface area is 168 Å². The van der Waals surface area contributed by atoms with E-state index in [1.54, 1.807) is 0 Å². The van der Waals surface area contributed by atoms with E-state index in [4.69, 9.17) is 11.6 Å². The predicted octanol–water partition coefficient (Wildman–Crippen LogP) is 3.53. The maximum atomic E-state index is 12.6. The normalized spacial score (nSPS) is 22.5. The van der Waals surface area contributed by atoms with Gasteiger partial charge in [0.2, 0.25) is 5.91 Å². The number of nitrogens with zero attached hydrogens (tertiary/aromatic N) is 2. The van der Waals surface area contributed by atoms with Gasteiger partial charge in [0.15, 0.2) is 0 Å². The Morgan fingerprint density at radius 3 is 2.44 bits per heavy atom. The summed E-state index contributed by atoms with van der Waals surface area (Å²) in [6, 6.07) is 8.36. The lowest BCUT2D eigenvalue weighted by molar-refractivity contribution is -0.136. The summed E-state index contributed by atoms with van der Waals surface area (Å²) in [5, 5.41) is 4.19. The summed E-state index contributed by atoms with van der Waals surface area (Å²) < 4.78 is 0. The summed E-state index contributed by atoms with van der Waals surface area (Å²) in [5.41, 5.74) is 1.17. The number of piperazine rings is 1. The van der Waals surface area contributed by atoms with Crippen molar-refractivity contribution in [1.82, 2.24) is 15.1 Å². The van der Waals surface area contributed by atoms with Crippen molar-refractivity contribution >= 4 is 42.3 Å². The molecular weight excluding hydrogens is 381 g/mol. The van der Waals surface area contributed by atoms with E-state index in [0.717, 1.165) is 50.6 Å². The Hall–Kier alpha value is -0.520. The van der Waals surface area contributed by atoms with Crippen LogP contribution in [0.3, 0.4) is 0 Å². The lowest BCUT2D eigenvalue weighted by Gasteiger charge is -2.40. The number of carbonyl (C=O) groups excluding carboxylic acids is 1. The van der Waals surface area contributed by atoms with E-state index in [2.05, 4.69) is 23.2 Å². The van der Waals surface area contributed by atoms with Crippen LogP contribution in [0.5, 0.6) is 0 Å². The van der Waals surface area contributed by atoms with Gasteiger partial charge in [-0.15, -0.1) is 24.8 Å². The molecule has 1 aromatic carbocycles. The summed E-state index contributed by atoms with van der Waals surface area (Å²) in [6.07, 6.45) is 3.33. The molecule has 1 aromatic rings. The number of hydrogen-bond acceptors (Lipinski definition) is 3. The van der Waals surface area contributed by atoms with E-state index >= 15 is 0 Å². The molecule has 0 radical (unpaired) electrons. The molecule has 0 saturated carbocycles. The molecule has 0 aromatic heterocycles. The number of hydrogen-bond donors (Lipinski definition) is 1. The van der Waals surface area contributed by atoms with Gasteiger partial charge >= 0.3 is 0 Å². The highest BCUT2D eigenvalue weighted by Crippen LogP contribution is 2.28. The highest BCUT2D eigenvalue weighted by Gasteiger charge is 2.30. The van der Waals surface area contributed by atoms with Crippen LogP contribution in [0.15, 0.2) is 24.3 Å². The topological polar surface area (TPSA) is 35.6 Å². The molecule has 0 bridgehead atoms. The van der Waals surface area contributed by atoms with Crippen molar-refractivity contribution in [2.24, 2.45) is 0 Å². The van der Waals surface area contributed by atoms with Gasteiger partial charge in [0.1, 0.15) is 0 Å². The largest absolute Gasteiger partial charge is 0.339 e. The zero-order chi connectivity index (χ0) is 16.2. The van der Waals surface area contributed by atoms with E-state index in [0.29, 0.717) is 0 Å². The van der Waals surface area contributed by atoms with Crippen molar-refractivity contribution in [2.45, 2.75) is 38.3 Å². The minimum atomic E-state index is 0. The molecule has 2 unspecified atom stereocenters. The van der Waals surface area contributed by atoms with Gasteiger partial charge in [-0.25, -0.2) is 0 Å². The molecular formula is C18H28Cl3N3O. The Balaban J connectivity index is 0.00000156. The first-order chi connectivity index (χ1) is 11.2. The summed E-state index contributed by atoms with van der Waals surface area (Å²) in [7, 11) is 0. The van der Waals surface area contributed by atoms with Crippen molar-refractivity contribution in [3.8, 4) is 0 Å². The molecule has 2 aliphatic heterocycles. The fourth-order valence-corrected chi connectivity index (χ4v) is 3.92. The monoisotopic (exact) mass is 407 g/mol. The van der Waals surface area contributed by atoms with Crippen LogP contribution in [0.1, 0.15) is 37.8 Å². The van der Waals surface area contributed by atoms with E-state index in [1.165, 1.54) is 12.0 Å². The molecule has 2 aliphatic rings. The van der Waals surface area contributed by atoms with E-state index in [9.17, 15) is 4.79 Å². The Bertz CT molecular complexity index is 544. The third-order valence-electron chi connectivity index (χ3n) is 5.14. The molecule has 142 valence electrons. The first-order valence-corrected chi connectivity index (χ1v) is 9.05. The first-order valence-electron chi connectivity index (χ1n) is 8.67. The van der Waals surface area contributed by atoms with Gasteiger partial charge in [0.05, 0.1) is 6.04 Å². The SMILES string of the molecule is CC(c1ccccc1Cl)N1CCN(C(=O)C2CCCCN2)CC1.Cl.Cl. The Morgan fingerprint density at radius 2 is 1.84 bits per heavy atom. The third-order valence-corrected chi connectivity index (χ3v) is 5.48. The molecule has 2 heterocycles. The third kappa shape index (κ3) is 5.48. The van der Waals surface area contributed by atoms with Gasteiger partial charge in [0.25, 0.3) is 0 Å². The van der Waals surface area contributed by atoms with Gasteiger partial charge in [-0.05, 0) is 37.9 Å². The number of benzene rings is 1. The molecule has 2 atom stereocenters. The van der Waals surface area contributed by atoms with Crippen LogP contribution in [0, 0.1) is 0 Å². The molecule has 1 N–H and O–H groups in total. The number of piperidine rings is 1. The molecule has 4 nitrogen and oxygen atoms in total. The van der Waals surface area contributed by atoms with Crippen LogP contribution in [0.25, 0.3) is 0 Å². The van der Waals surface area contributed by atoms with E-state index in [1.807, 2.05) is 23.1 Å². The molecule has 3 rings (SSSR count). The predicted molar refractivity (Wildman–Crippen MR) is 108 cm³/mol. The van der Waals surface area contributed by atoms with Crippen molar-refractivity contribution < 1.29 is 4.79 Å². The van der Waals surface area contributed by atoms with Crippen LogP contribution < -0.4 is 5.32 Å². The molecule has 1 amide bonds. The lowest BCUT2D eigenvalue weighted by atomic mass is 10.0. The lowest BCUT2D eigenvalue weighted by Crippen LogP contribution is -2.55. The minimum absolute atomic E-state index is 0. The fourth-order valence-electron chi connectivity index (χ4n) is 3.62. The fraction of sp³-hybridized carbons (Fsp3) is 0.611. The van der Waals surface area contributed by atoms with Crippen LogP contribution in [-0.4, -0.2) is 54.5 Å². The maximum absolute atomic E-state index is 12.6. The van der Waals surface area contributed by atoms with Gasteiger partial charge in [-0.3, -0.25) is 9.69 Å². The second kappa shape index (κ2) is 10.6. The second-order valence-corrected chi connectivity index (χ2v) is 6.97. The van der Waals surface area contributed by atoms with E-state index < -0.39 is 0 Å². The minimum Gasteiger partial charge on any atom is -0.339 e. The average Bonchev–Trinajstić information content (AvgIpc) is 2.62. The number of rotatable bonds is 3.